The summed E-state index contributed by atoms with van der Waals surface area (Å²) in [7, 11) is -3.59. The van der Waals surface area contributed by atoms with E-state index in [-0.39, 0.29) is 16.8 Å². The van der Waals surface area contributed by atoms with E-state index >= 15 is 0 Å². The fourth-order valence-electron chi connectivity index (χ4n) is 3.87. The Kier molecular flexibility index (Phi) is 5.93. The van der Waals surface area contributed by atoms with Crippen LogP contribution in [-0.2, 0) is 10.0 Å². The monoisotopic (exact) mass is 393 g/mol. The Morgan fingerprint density at radius 1 is 1.04 bits per heavy atom. The van der Waals surface area contributed by atoms with E-state index in [0.717, 1.165) is 36.8 Å². The average Bonchev–Trinajstić information content (AvgIpc) is 2.64. The molecular formula is C20H31N3O3S. The number of carbonyl (C=O) groups is 1. The molecule has 0 saturated carbocycles. The summed E-state index contributed by atoms with van der Waals surface area (Å²) in [4.78, 5) is 15.0. The zero-order chi connectivity index (χ0) is 19.8. The highest BCUT2D eigenvalue weighted by Crippen LogP contribution is 2.28. The van der Waals surface area contributed by atoms with E-state index in [0.29, 0.717) is 37.7 Å². The van der Waals surface area contributed by atoms with Gasteiger partial charge in [0.1, 0.15) is 0 Å². The van der Waals surface area contributed by atoms with Crippen LogP contribution in [0.1, 0.15) is 54.1 Å². The summed E-state index contributed by atoms with van der Waals surface area (Å²) < 4.78 is 28.1. The van der Waals surface area contributed by atoms with Crippen LogP contribution < -0.4 is 5.73 Å². The maximum Gasteiger partial charge on any atom is 0.253 e. The molecule has 1 aromatic rings. The van der Waals surface area contributed by atoms with Crippen molar-refractivity contribution in [2.45, 2.75) is 57.4 Å². The van der Waals surface area contributed by atoms with Crippen LogP contribution in [0.25, 0.3) is 0 Å². The second-order valence-electron chi connectivity index (χ2n) is 8.13. The molecule has 2 heterocycles. The van der Waals surface area contributed by atoms with Gasteiger partial charge in [0.25, 0.3) is 5.91 Å². The van der Waals surface area contributed by atoms with Gasteiger partial charge >= 0.3 is 0 Å². The quantitative estimate of drug-likeness (QED) is 0.854. The molecule has 0 unspecified atom stereocenters. The van der Waals surface area contributed by atoms with Crippen molar-refractivity contribution < 1.29 is 13.2 Å². The Hall–Kier alpha value is -1.44. The third-order valence-corrected chi connectivity index (χ3v) is 8.08. The zero-order valence-electron chi connectivity index (χ0n) is 16.6. The number of likely N-dealkylation sites (tertiary alicyclic amines) is 1. The molecule has 0 radical (unpaired) electrons. The molecule has 0 bridgehead atoms. The molecule has 1 amide bonds. The van der Waals surface area contributed by atoms with Crippen molar-refractivity contribution in [3.8, 4) is 0 Å². The minimum absolute atomic E-state index is 0.103. The Morgan fingerprint density at radius 3 is 2.22 bits per heavy atom. The number of aryl methyl sites for hydroxylation is 1. The van der Waals surface area contributed by atoms with Crippen LogP contribution in [-0.4, -0.2) is 55.8 Å². The number of piperidine rings is 2. The average molecular weight is 394 g/mol. The Balaban J connectivity index is 1.91. The molecule has 7 heteroatoms. The summed E-state index contributed by atoms with van der Waals surface area (Å²) in [6.45, 7) is 8.19. The van der Waals surface area contributed by atoms with Gasteiger partial charge in [0.2, 0.25) is 10.0 Å². The van der Waals surface area contributed by atoms with Crippen LogP contribution in [0.4, 0.5) is 0 Å². The number of hydrogen-bond donors (Lipinski definition) is 1. The molecule has 3 rings (SSSR count). The molecule has 1 aromatic carbocycles. The molecule has 0 aliphatic carbocycles. The number of nitrogens with two attached hydrogens (primary N) is 1. The summed E-state index contributed by atoms with van der Waals surface area (Å²) in [5, 5.41) is 0. The van der Waals surface area contributed by atoms with Crippen LogP contribution in [0.2, 0.25) is 0 Å². The van der Waals surface area contributed by atoms with Gasteiger partial charge in [-0.1, -0.05) is 6.92 Å². The van der Waals surface area contributed by atoms with E-state index in [1.54, 1.807) is 15.3 Å². The molecule has 2 aliphatic heterocycles. The lowest BCUT2D eigenvalue weighted by Crippen LogP contribution is -2.43. The zero-order valence-corrected chi connectivity index (χ0v) is 17.4. The predicted molar refractivity (Wildman–Crippen MR) is 106 cm³/mol. The van der Waals surface area contributed by atoms with Crippen molar-refractivity contribution in [1.29, 1.82) is 0 Å². The van der Waals surface area contributed by atoms with E-state index in [1.165, 1.54) is 0 Å². The van der Waals surface area contributed by atoms with Gasteiger partial charge in [0.05, 0.1) is 4.90 Å². The first-order valence-electron chi connectivity index (χ1n) is 9.86. The minimum atomic E-state index is -3.59. The molecule has 27 heavy (non-hydrogen) atoms. The number of carbonyl (C=O) groups excluding carboxylic acids is 1. The summed E-state index contributed by atoms with van der Waals surface area (Å²) in [6, 6.07) is 3.53. The minimum Gasteiger partial charge on any atom is -0.339 e. The molecule has 2 N–H and O–H groups in total. The normalized spacial score (nSPS) is 20.8. The van der Waals surface area contributed by atoms with Crippen molar-refractivity contribution in [2.24, 2.45) is 11.7 Å². The molecule has 2 saturated heterocycles. The fraction of sp³-hybridized carbons (Fsp3) is 0.650. The first-order chi connectivity index (χ1) is 12.7. The number of hydrogen-bond acceptors (Lipinski definition) is 4. The van der Waals surface area contributed by atoms with Gasteiger partial charge in [0.15, 0.2) is 0 Å². The number of benzene rings is 1. The molecule has 0 aromatic heterocycles. The Bertz CT molecular complexity index is 806. The van der Waals surface area contributed by atoms with Crippen molar-refractivity contribution in [3.05, 3.63) is 28.8 Å². The smallest absolute Gasteiger partial charge is 0.253 e. The van der Waals surface area contributed by atoms with Crippen molar-refractivity contribution >= 4 is 15.9 Å². The Labute approximate surface area is 162 Å². The lowest BCUT2D eigenvalue weighted by molar-refractivity contribution is 0.0714. The SMILES string of the molecule is Cc1cc(C(=O)N2CCC(N)CC2)cc(S(=O)(=O)N2CCC(C)CC2)c1C. The number of nitrogens with zero attached hydrogens (tertiary/aromatic N) is 2. The van der Waals surface area contributed by atoms with Crippen molar-refractivity contribution in [1.82, 2.24) is 9.21 Å². The first kappa shape index (κ1) is 20.3. The van der Waals surface area contributed by atoms with Crippen molar-refractivity contribution in [2.75, 3.05) is 26.2 Å². The number of amides is 1. The van der Waals surface area contributed by atoms with Gasteiger partial charge in [-0.3, -0.25) is 4.79 Å². The van der Waals surface area contributed by atoms with Gasteiger partial charge in [0, 0.05) is 37.8 Å². The van der Waals surface area contributed by atoms with Crippen molar-refractivity contribution in [3.63, 3.8) is 0 Å². The second-order valence-corrected chi connectivity index (χ2v) is 10.0. The van der Waals surface area contributed by atoms with Crippen LogP contribution in [0.3, 0.4) is 0 Å². The van der Waals surface area contributed by atoms with E-state index in [2.05, 4.69) is 6.92 Å². The number of rotatable bonds is 3. The molecular weight excluding hydrogens is 362 g/mol. The molecule has 2 fully saturated rings. The van der Waals surface area contributed by atoms with E-state index < -0.39 is 10.0 Å². The molecule has 150 valence electrons. The highest BCUT2D eigenvalue weighted by molar-refractivity contribution is 7.89. The topological polar surface area (TPSA) is 83.7 Å². The van der Waals surface area contributed by atoms with Gasteiger partial charge in [-0.2, -0.15) is 4.31 Å². The number of sulfonamides is 1. The standard InChI is InChI=1S/C20H31N3O3S/c1-14-4-10-23(11-5-14)27(25,26)19-13-17(12-15(2)16(19)3)20(24)22-8-6-18(21)7-9-22/h12-14,18H,4-11,21H2,1-3H3. The highest BCUT2D eigenvalue weighted by atomic mass is 32.2. The van der Waals surface area contributed by atoms with Gasteiger partial charge in [-0.05, 0) is 68.7 Å². The lowest BCUT2D eigenvalue weighted by atomic mass is 10.0. The van der Waals surface area contributed by atoms with Crippen LogP contribution in [0, 0.1) is 19.8 Å². The largest absolute Gasteiger partial charge is 0.339 e. The van der Waals surface area contributed by atoms with Gasteiger partial charge < -0.3 is 10.6 Å². The first-order valence-corrected chi connectivity index (χ1v) is 11.3. The maximum atomic E-state index is 13.2. The second kappa shape index (κ2) is 7.89. The molecule has 6 nitrogen and oxygen atoms in total. The molecule has 2 aliphatic rings. The van der Waals surface area contributed by atoms with E-state index in [4.69, 9.17) is 5.73 Å². The summed E-state index contributed by atoms with van der Waals surface area (Å²) >= 11 is 0. The summed E-state index contributed by atoms with van der Waals surface area (Å²) in [5.74, 6) is 0.450. The fourth-order valence-corrected chi connectivity index (χ4v) is 5.66. The van der Waals surface area contributed by atoms with Gasteiger partial charge in [-0.25, -0.2) is 8.42 Å². The van der Waals surface area contributed by atoms with Crippen LogP contribution in [0.5, 0.6) is 0 Å². The third kappa shape index (κ3) is 4.20. The lowest BCUT2D eigenvalue weighted by Gasteiger charge is -2.31. The van der Waals surface area contributed by atoms with Crippen LogP contribution >= 0.6 is 0 Å². The maximum absolute atomic E-state index is 13.2. The van der Waals surface area contributed by atoms with Gasteiger partial charge in [-0.15, -0.1) is 0 Å². The third-order valence-electron chi connectivity index (χ3n) is 6.05. The predicted octanol–water partition coefficient (Wildman–Crippen LogP) is 2.29. The summed E-state index contributed by atoms with van der Waals surface area (Å²) in [6.07, 6.45) is 3.33. The highest BCUT2D eigenvalue weighted by Gasteiger charge is 2.31. The van der Waals surface area contributed by atoms with E-state index in [9.17, 15) is 13.2 Å². The summed E-state index contributed by atoms with van der Waals surface area (Å²) in [5.41, 5.74) is 7.95. The molecule has 0 spiro atoms. The molecule has 0 atom stereocenters. The van der Waals surface area contributed by atoms with E-state index in [1.807, 2.05) is 19.9 Å². The Morgan fingerprint density at radius 2 is 1.63 bits per heavy atom. The van der Waals surface area contributed by atoms with Crippen LogP contribution in [0.15, 0.2) is 17.0 Å².